The first-order valence-corrected chi connectivity index (χ1v) is 5.82. The van der Waals surface area contributed by atoms with Gasteiger partial charge in [-0.15, -0.1) is 0 Å². The van der Waals surface area contributed by atoms with E-state index in [2.05, 4.69) is 36.4 Å². The summed E-state index contributed by atoms with van der Waals surface area (Å²) in [6.45, 7) is 0. The minimum absolute atomic E-state index is 0.403. The molecule has 1 saturated carbocycles. The number of rotatable bonds is 2. The van der Waals surface area contributed by atoms with Crippen molar-refractivity contribution in [3.8, 4) is 0 Å². The maximum Gasteiger partial charge on any atom is 0.00761 e. The van der Waals surface area contributed by atoms with Crippen molar-refractivity contribution in [3.63, 3.8) is 0 Å². The maximum atomic E-state index is 5.95. The van der Waals surface area contributed by atoms with Gasteiger partial charge >= 0.3 is 0 Å². The topological polar surface area (TPSA) is 26.0 Å². The summed E-state index contributed by atoms with van der Waals surface area (Å²) in [5.74, 6) is 0. The van der Waals surface area contributed by atoms with Crippen molar-refractivity contribution in [2.45, 2.75) is 38.1 Å². The van der Waals surface area contributed by atoms with Gasteiger partial charge in [0.15, 0.2) is 0 Å². The standard InChI is InChI=1S/C14H19N/c15-14-8-4-7-13(11-14)10-9-12-5-2-1-3-6-12/h1-3,5-6,10,14H,4,7-9,11,15H2. The van der Waals surface area contributed by atoms with Crippen LogP contribution in [0.3, 0.4) is 0 Å². The van der Waals surface area contributed by atoms with Crippen molar-refractivity contribution in [1.29, 1.82) is 0 Å². The van der Waals surface area contributed by atoms with Crippen molar-refractivity contribution in [3.05, 3.63) is 47.5 Å². The largest absolute Gasteiger partial charge is 0.327 e. The zero-order valence-electron chi connectivity index (χ0n) is 9.15. The number of hydrogen-bond acceptors (Lipinski definition) is 1. The zero-order valence-corrected chi connectivity index (χ0v) is 9.15. The Balaban J connectivity index is 1.93. The van der Waals surface area contributed by atoms with E-state index in [9.17, 15) is 0 Å². The van der Waals surface area contributed by atoms with Crippen LogP contribution in [-0.4, -0.2) is 6.04 Å². The Morgan fingerprint density at radius 1 is 1.27 bits per heavy atom. The van der Waals surface area contributed by atoms with Crippen LogP contribution < -0.4 is 5.73 Å². The molecule has 0 radical (unpaired) electrons. The molecule has 2 N–H and O–H groups in total. The Morgan fingerprint density at radius 3 is 2.80 bits per heavy atom. The summed E-state index contributed by atoms with van der Waals surface area (Å²) in [5.41, 5.74) is 8.90. The predicted molar refractivity (Wildman–Crippen MR) is 64.7 cm³/mol. The van der Waals surface area contributed by atoms with Crippen LogP contribution in [0.5, 0.6) is 0 Å². The van der Waals surface area contributed by atoms with Gasteiger partial charge in [0.2, 0.25) is 0 Å². The molecule has 0 bridgehead atoms. The normalized spacial score (nSPS) is 24.3. The molecular weight excluding hydrogens is 182 g/mol. The van der Waals surface area contributed by atoms with E-state index in [0.29, 0.717) is 6.04 Å². The summed E-state index contributed by atoms with van der Waals surface area (Å²) in [6.07, 6.45) is 8.25. The molecule has 1 aromatic rings. The van der Waals surface area contributed by atoms with Gasteiger partial charge in [-0.25, -0.2) is 0 Å². The molecule has 1 aliphatic rings. The van der Waals surface area contributed by atoms with E-state index >= 15 is 0 Å². The number of benzene rings is 1. The van der Waals surface area contributed by atoms with Gasteiger partial charge in [-0.1, -0.05) is 42.0 Å². The fraction of sp³-hybridized carbons (Fsp3) is 0.429. The Hall–Kier alpha value is -1.08. The minimum Gasteiger partial charge on any atom is -0.327 e. The molecule has 1 heteroatoms. The highest BCUT2D eigenvalue weighted by Crippen LogP contribution is 2.22. The van der Waals surface area contributed by atoms with Crippen LogP contribution in [0, 0.1) is 0 Å². The van der Waals surface area contributed by atoms with Crippen LogP contribution in [0.1, 0.15) is 31.2 Å². The molecule has 1 atom stereocenters. The van der Waals surface area contributed by atoms with Crippen molar-refractivity contribution >= 4 is 0 Å². The average Bonchev–Trinajstić information content (AvgIpc) is 2.28. The smallest absolute Gasteiger partial charge is 0.00761 e. The third kappa shape index (κ3) is 3.21. The molecule has 2 rings (SSSR count). The van der Waals surface area contributed by atoms with Gasteiger partial charge in [-0.05, 0) is 37.7 Å². The molecule has 0 spiro atoms. The first-order valence-electron chi connectivity index (χ1n) is 5.82. The molecule has 0 heterocycles. The van der Waals surface area contributed by atoms with Gasteiger partial charge in [-0.2, -0.15) is 0 Å². The highest BCUT2D eigenvalue weighted by atomic mass is 14.6. The summed E-state index contributed by atoms with van der Waals surface area (Å²) in [5, 5.41) is 0. The lowest BCUT2D eigenvalue weighted by molar-refractivity contribution is 0.516. The molecule has 0 saturated heterocycles. The molecule has 1 aromatic carbocycles. The lowest BCUT2D eigenvalue weighted by Gasteiger charge is -2.20. The number of allylic oxidation sites excluding steroid dienone is 1. The van der Waals surface area contributed by atoms with E-state index in [1.165, 1.54) is 24.8 Å². The highest BCUT2D eigenvalue weighted by molar-refractivity contribution is 5.20. The second-order valence-electron chi connectivity index (χ2n) is 4.41. The molecule has 1 aliphatic carbocycles. The van der Waals surface area contributed by atoms with Crippen molar-refractivity contribution in [1.82, 2.24) is 0 Å². The van der Waals surface area contributed by atoms with E-state index in [1.807, 2.05) is 0 Å². The Kier molecular flexibility index (Phi) is 3.57. The van der Waals surface area contributed by atoms with Crippen LogP contribution in [-0.2, 0) is 6.42 Å². The fourth-order valence-corrected chi connectivity index (χ4v) is 2.19. The Morgan fingerprint density at radius 2 is 2.07 bits per heavy atom. The van der Waals surface area contributed by atoms with Gasteiger partial charge < -0.3 is 5.73 Å². The van der Waals surface area contributed by atoms with Crippen molar-refractivity contribution in [2.75, 3.05) is 0 Å². The van der Waals surface area contributed by atoms with Gasteiger partial charge in [0.1, 0.15) is 0 Å². The molecule has 1 fully saturated rings. The molecule has 0 aliphatic heterocycles. The third-order valence-corrected chi connectivity index (χ3v) is 3.07. The molecule has 0 amide bonds. The SMILES string of the molecule is NC1CCCC(=CCc2ccccc2)C1. The van der Waals surface area contributed by atoms with Crippen molar-refractivity contribution < 1.29 is 0 Å². The highest BCUT2D eigenvalue weighted by Gasteiger charge is 2.12. The summed E-state index contributed by atoms with van der Waals surface area (Å²) in [7, 11) is 0. The molecule has 0 aromatic heterocycles. The fourth-order valence-electron chi connectivity index (χ4n) is 2.19. The maximum absolute atomic E-state index is 5.95. The van der Waals surface area contributed by atoms with Crippen LogP contribution in [0.25, 0.3) is 0 Å². The van der Waals surface area contributed by atoms with Gasteiger partial charge in [-0.3, -0.25) is 0 Å². The van der Waals surface area contributed by atoms with Crippen LogP contribution >= 0.6 is 0 Å². The summed E-state index contributed by atoms with van der Waals surface area (Å²) < 4.78 is 0. The van der Waals surface area contributed by atoms with E-state index in [-0.39, 0.29) is 0 Å². The number of nitrogens with two attached hydrogens (primary N) is 1. The van der Waals surface area contributed by atoms with E-state index in [4.69, 9.17) is 5.73 Å². The summed E-state index contributed by atoms with van der Waals surface area (Å²) in [4.78, 5) is 0. The van der Waals surface area contributed by atoms with E-state index < -0.39 is 0 Å². The Bertz CT molecular complexity index is 326. The summed E-state index contributed by atoms with van der Waals surface area (Å²) in [6, 6.07) is 11.0. The lowest BCUT2D eigenvalue weighted by Crippen LogP contribution is -2.23. The second-order valence-corrected chi connectivity index (χ2v) is 4.41. The average molecular weight is 201 g/mol. The minimum atomic E-state index is 0.403. The molecule has 1 unspecified atom stereocenters. The van der Waals surface area contributed by atoms with Crippen LogP contribution in [0.2, 0.25) is 0 Å². The first-order chi connectivity index (χ1) is 7.34. The molecule has 15 heavy (non-hydrogen) atoms. The van der Waals surface area contributed by atoms with E-state index in [1.54, 1.807) is 5.57 Å². The lowest BCUT2D eigenvalue weighted by atomic mass is 9.90. The van der Waals surface area contributed by atoms with Crippen LogP contribution in [0.15, 0.2) is 42.0 Å². The first kappa shape index (κ1) is 10.4. The molecular formula is C14H19N. The predicted octanol–water partition coefficient (Wildman–Crippen LogP) is 3.06. The van der Waals surface area contributed by atoms with Gasteiger partial charge in [0.05, 0.1) is 0 Å². The van der Waals surface area contributed by atoms with E-state index in [0.717, 1.165) is 12.8 Å². The number of hydrogen-bond donors (Lipinski definition) is 1. The quantitative estimate of drug-likeness (QED) is 0.731. The van der Waals surface area contributed by atoms with Crippen LogP contribution in [0.4, 0.5) is 0 Å². The third-order valence-electron chi connectivity index (χ3n) is 3.07. The van der Waals surface area contributed by atoms with Crippen molar-refractivity contribution in [2.24, 2.45) is 5.73 Å². The second kappa shape index (κ2) is 5.13. The monoisotopic (exact) mass is 201 g/mol. The zero-order chi connectivity index (χ0) is 10.5. The Labute approximate surface area is 92.0 Å². The molecule has 1 nitrogen and oxygen atoms in total. The molecule has 80 valence electrons. The van der Waals surface area contributed by atoms with Gasteiger partial charge in [0.25, 0.3) is 0 Å². The summed E-state index contributed by atoms with van der Waals surface area (Å²) >= 11 is 0. The van der Waals surface area contributed by atoms with Gasteiger partial charge in [0, 0.05) is 6.04 Å².